The summed E-state index contributed by atoms with van der Waals surface area (Å²) in [5.74, 6) is -2.22. The number of carboxylic acids is 2. The van der Waals surface area contributed by atoms with Crippen molar-refractivity contribution >= 4 is 11.9 Å². The molecule has 2 atom stereocenters. The molecule has 0 radical (unpaired) electrons. The number of carboxylic acid groups (broad SMARTS) is 2. The minimum atomic E-state index is -0.876. The molecule has 1 saturated carbocycles. The monoisotopic (exact) mass is 186 g/mol. The summed E-state index contributed by atoms with van der Waals surface area (Å²) in [5.41, 5.74) is -0.832. The van der Waals surface area contributed by atoms with Gasteiger partial charge in [-0.25, -0.2) is 0 Å². The topological polar surface area (TPSA) is 74.6 Å². The zero-order valence-electron chi connectivity index (χ0n) is 7.62. The molecule has 0 saturated heterocycles. The molecule has 0 heterocycles. The third-order valence-corrected chi connectivity index (χ3v) is 2.84. The van der Waals surface area contributed by atoms with Gasteiger partial charge < -0.3 is 10.2 Å². The second-order valence-corrected chi connectivity index (χ2v) is 4.00. The van der Waals surface area contributed by atoms with E-state index in [0.29, 0.717) is 19.3 Å². The Kier molecular flexibility index (Phi) is 2.59. The van der Waals surface area contributed by atoms with E-state index in [4.69, 9.17) is 10.2 Å². The normalized spacial score (nSPS) is 34.1. The molecule has 0 spiro atoms. The fourth-order valence-electron chi connectivity index (χ4n) is 1.89. The molecule has 1 fully saturated rings. The van der Waals surface area contributed by atoms with Gasteiger partial charge in [-0.1, -0.05) is 6.42 Å². The van der Waals surface area contributed by atoms with Crippen LogP contribution < -0.4 is 0 Å². The second-order valence-electron chi connectivity index (χ2n) is 4.00. The molecule has 1 aliphatic rings. The van der Waals surface area contributed by atoms with Gasteiger partial charge in [-0.2, -0.15) is 0 Å². The molecule has 1 aliphatic carbocycles. The van der Waals surface area contributed by atoms with E-state index in [9.17, 15) is 9.59 Å². The molecule has 0 aromatic carbocycles. The standard InChI is InChI=1S/C9H14O4/c1-9(8(12)13)4-2-3-6(5-9)7(10)11/h6H,2-5H2,1H3,(H,10,11)(H,12,13)/t6-,9+/m0/s1. The number of aliphatic carboxylic acids is 2. The average molecular weight is 186 g/mol. The van der Waals surface area contributed by atoms with E-state index in [-0.39, 0.29) is 6.42 Å². The van der Waals surface area contributed by atoms with Crippen LogP contribution in [0.4, 0.5) is 0 Å². The molecular formula is C9H14O4. The van der Waals surface area contributed by atoms with Crippen LogP contribution in [-0.4, -0.2) is 22.2 Å². The molecule has 4 heteroatoms. The zero-order valence-corrected chi connectivity index (χ0v) is 7.62. The van der Waals surface area contributed by atoms with Crippen LogP contribution in [-0.2, 0) is 9.59 Å². The number of hydrogen-bond acceptors (Lipinski definition) is 2. The predicted octanol–water partition coefficient (Wildman–Crippen LogP) is 1.35. The lowest BCUT2D eigenvalue weighted by Gasteiger charge is -2.32. The van der Waals surface area contributed by atoms with Gasteiger partial charge in [0.2, 0.25) is 0 Å². The Balaban J connectivity index is 2.71. The van der Waals surface area contributed by atoms with E-state index in [1.54, 1.807) is 6.92 Å². The summed E-state index contributed by atoms with van der Waals surface area (Å²) in [5, 5.41) is 17.7. The van der Waals surface area contributed by atoms with Crippen LogP contribution in [0.3, 0.4) is 0 Å². The SMILES string of the molecule is C[C@@]1(C(=O)O)CCC[C@H](C(=O)O)C1. The summed E-state index contributed by atoms with van der Waals surface area (Å²) < 4.78 is 0. The van der Waals surface area contributed by atoms with Gasteiger partial charge >= 0.3 is 11.9 Å². The summed E-state index contributed by atoms with van der Waals surface area (Å²) in [6.07, 6.45) is 2.15. The minimum Gasteiger partial charge on any atom is -0.481 e. The van der Waals surface area contributed by atoms with Crippen molar-refractivity contribution in [2.24, 2.45) is 11.3 Å². The van der Waals surface area contributed by atoms with Gasteiger partial charge in [0.15, 0.2) is 0 Å². The van der Waals surface area contributed by atoms with Crippen molar-refractivity contribution in [3.05, 3.63) is 0 Å². The van der Waals surface area contributed by atoms with Crippen molar-refractivity contribution in [3.63, 3.8) is 0 Å². The van der Waals surface area contributed by atoms with E-state index in [2.05, 4.69) is 0 Å². The maximum atomic E-state index is 10.9. The minimum absolute atomic E-state index is 0.262. The van der Waals surface area contributed by atoms with Crippen molar-refractivity contribution in [3.8, 4) is 0 Å². The predicted molar refractivity (Wildman–Crippen MR) is 45.3 cm³/mol. The fourth-order valence-corrected chi connectivity index (χ4v) is 1.89. The highest BCUT2D eigenvalue weighted by Crippen LogP contribution is 2.39. The molecule has 4 nitrogen and oxygen atoms in total. The van der Waals surface area contributed by atoms with Crippen molar-refractivity contribution in [1.82, 2.24) is 0 Å². The number of carbonyl (C=O) groups is 2. The first-order valence-electron chi connectivity index (χ1n) is 4.42. The van der Waals surface area contributed by atoms with Gasteiger partial charge in [-0.15, -0.1) is 0 Å². The van der Waals surface area contributed by atoms with E-state index in [0.717, 1.165) is 0 Å². The molecule has 0 aliphatic heterocycles. The Bertz CT molecular complexity index is 236. The largest absolute Gasteiger partial charge is 0.481 e. The van der Waals surface area contributed by atoms with Crippen LogP contribution >= 0.6 is 0 Å². The number of rotatable bonds is 2. The third-order valence-electron chi connectivity index (χ3n) is 2.84. The molecule has 0 bridgehead atoms. The van der Waals surface area contributed by atoms with Gasteiger partial charge in [0, 0.05) is 0 Å². The molecule has 0 aromatic rings. The Morgan fingerprint density at radius 1 is 1.38 bits per heavy atom. The summed E-state index contributed by atoms with van der Waals surface area (Å²) in [6.45, 7) is 1.63. The molecule has 0 aromatic heterocycles. The molecule has 0 amide bonds. The lowest BCUT2D eigenvalue weighted by atomic mass is 9.71. The van der Waals surface area contributed by atoms with Crippen molar-refractivity contribution < 1.29 is 19.8 Å². The number of hydrogen-bond donors (Lipinski definition) is 2. The highest BCUT2D eigenvalue weighted by atomic mass is 16.4. The Hall–Kier alpha value is -1.06. The Morgan fingerprint density at radius 3 is 2.46 bits per heavy atom. The quantitative estimate of drug-likeness (QED) is 0.682. The Labute approximate surface area is 76.6 Å². The van der Waals surface area contributed by atoms with Crippen LogP contribution in [0.5, 0.6) is 0 Å². The highest BCUT2D eigenvalue weighted by molar-refractivity contribution is 5.77. The molecule has 0 unspecified atom stereocenters. The lowest BCUT2D eigenvalue weighted by molar-refractivity contribution is -0.154. The van der Waals surface area contributed by atoms with Gasteiger partial charge in [-0.3, -0.25) is 9.59 Å². The van der Waals surface area contributed by atoms with Crippen molar-refractivity contribution in [2.75, 3.05) is 0 Å². The van der Waals surface area contributed by atoms with Crippen LogP contribution in [0, 0.1) is 11.3 Å². The molecular weight excluding hydrogens is 172 g/mol. The van der Waals surface area contributed by atoms with Gasteiger partial charge in [-0.05, 0) is 26.2 Å². The first-order chi connectivity index (χ1) is 5.96. The van der Waals surface area contributed by atoms with Crippen LogP contribution in [0.2, 0.25) is 0 Å². The molecule has 13 heavy (non-hydrogen) atoms. The van der Waals surface area contributed by atoms with Crippen molar-refractivity contribution in [1.29, 1.82) is 0 Å². The smallest absolute Gasteiger partial charge is 0.309 e. The maximum absolute atomic E-state index is 10.9. The molecule has 2 N–H and O–H groups in total. The van der Waals surface area contributed by atoms with Crippen molar-refractivity contribution in [2.45, 2.75) is 32.6 Å². The zero-order chi connectivity index (χ0) is 10.1. The first-order valence-corrected chi connectivity index (χ1v) is 4.42. The lowest BCUT2D eigenvalue weighted by Crippen LogP contribution is -2.36. The molecule has 74 valence electrons. The van der Waals surface area contributed by atoms with Crippen LogP contribution in [0.25, 0.3) is 0 Å². The van der Waals surface area contributed by atoms with Gasteiger partial charge in [0.1, 0.15) is 0 Å². The second kappa shape index (κ2) is 3.36. The van der Waals surface area contributed by atoms with E-state index in [1.165, 1.54) is 0 Å². The van der Waals surface area contributed by atoms with E-state index < -0.39 is 23.3 Å². The first kappa shape index (κ1) is 10.0. The summed E-state index contributed by atoms with van der Waals surface area (Å²) in [7, 11) is 0. The third kappa shape index (κ3) is 1.99. The van der Waals surface area contributed by atoms with E-state index >= 15 is 0 Å². The Morgan fingerprint density at radius 2 is 2.00 bits per heavy atom. The maximum Gasteiger partial charge on any atom is 0.309 e. The highest BCUT2D eigenvalue weighted by Gasteiger charge is 2.40. The van der Waals surface area contributed by atoms with Gasteiger partial charge in [0.05, 0.1) is 11.3 Å². The fraction of sp³-hybridized carbons (Fsp3) is 0.778. The summed E-state index contributed by atoms with van der Waals surface area (Å²) in [4.78, 5) is 21.5. The van der Waals surface area contributed by atoms with E-state index in [1.807, 2.05) is 0 Å². The molecule has 1 rings (SSSR count). The summed E-state index contributed by atoms with van der Waals surface area (Å²) in [6, 6.07) is 0. The van der Waals surface area contributed by atoms with Crippen LogP contribution in [0.15, 0.2) is 0 Å². The average Bonchev–Trinajstić information content (AvgIpc) is 2.04. The summed E-state index contributed by atoms with van der Waals surface area (Å²) >= 11 is 0. The van der Waals surface area contributed by atoms with Gasteiger partial charge in [0.25, 0.3) is 0 Å². The van der Waals surface area contributed by atoms with Crippen LogP contribution in [0.1, 0.15) is 32.6 Å².